The zero-order valence-electron chi connectivity index (χ0n) is 10.5. The molecular formula is C10H21N3O4. The first-order valence-corrected chi connectivity index (χ1v) is 5.41. The molecule has 0 spiro atoms. The van der Waals surface area contributed by atoms with Gasteiger partial charge < -0.3 is 15.8 Å². The first kappa shape index (κ1) is 15.7. The summed E-state index contributed by atoms with van der Waals surface area (Å²) in [7, 11) is 0. The largest absolute Gasteiger partial charge is 0.444 e. The highest BCUT2D eigenvalue weighted by atomic mass is 16.6. The van der Waals surface area contributed by atoms with Crippen LogP contribution in [-0.4, -0.2) is 37.3 Å². The van der Waals surface area contributed by atoms with Gasteiger partial charge in [0.25, 0.3) is 0 Å². The van der Waals surface area contributed by atoms with E-state index in [1.807, 2.05) is 0 Å². The highest BCUT2D eigenvalue weighted by molar-refractivity contribution is 5.74. The van der Waals surface area contributed by atoms with Crippen LogP contribution >= 0.6 is 0 Å². The fraction of sp³-hybridized carbons (Fsp3) is 0.800. The van der Waals surface area contributed by atoms with Gasteiger partial charge in [0.2, 0.25) is 5.91 Å². The number of rotatable bonds is 7. The minimum Gasteiger partial charge on any atom is -0.444 e. The number of hydroxylamine groups is 1. The van der Waals surface area contributed by atoms with E-state index in [1.54, 1.807) is 20.8 Å². The molecule has 0 aromatic heterocycles. The molecule has 0 aliphatic heterocycles. The Bertz CT molecular complexity index is 250. The SMILES string of the molecule is CC(C)(C)OC(=O)NCCCNOCC(N)=O. The van der Waals surface area contributed by atoms with Crippen LogP contribution in [0.15, 0.2) is 0 Å². The summed E-state index contributed by atoms with van der Waals surface area (Å²) >= 11 is 0. The summed E-state index contributed by atoms with van der Waals surface area (Å²) < 4.78 is 5.03. The Morgan fingerprint density at radius 3 is 2.41 bits per heavy atom. The zero-order chi connectivity index (χ0) is 13.3. The van der Waals surface area contributed by atoms with Crippen molar-refractivity contribution in [3.63, 3.8) is 0 Å². The smallest absolute Gasteiger partial charge is 0.407 e. The molecule has 0 aliphatic rings. The van der Waals surface area contributed by atoms with Crippen LogP contribution in [0, 0.1) is 0 Å². The van der Waals surface area contributed by atoms with Gasteiger partial charge in [0.05, 0.1) is 0 Å². The molecule has 100 valence electrons. The van der Waals surface area contributed by atoms with Crippen molar-refractivity contribution >= 4 is 12.0 Å². The highest BCUT2D eigenvalue weighted by Crippen LogP contribution is 2.06. The van der Waals surface area contributed by atoms with E-state index in [-0.39, 0.29) is 6.61 Å². The van der Waals surface area contributed by atoms with Crippen LogP contribution in [0.25, 0.3) is 0 Å². The second kappa shape index (κ2) is 7.86. The molecule has 0 aliphatic carbocycles. The minimum atomic E-state index is -0.538. The van der Waals surface area contributed by atoms with Crippen LogP contribution < -0.4 is 16.5 Å². The van der Waals surface area contributed by atoms with Gasteiger partial charge in [0.15, 0.2) is 0 Å². The van der Waals surface area contributed by atoms with Crippen molar-refractivity contribution in [2.24, 2.45) is 5.73 Å². The number of nitrogens with one attached hydrogen (secondary N) is 2. The second-order valence-corrected chi connectivity index (χ2v) is 4.43. The van der Waals surface area contributed by atoms with Crippen LogP contribution in [-0.2, 0) is 14.4 Å². The van der Waals surface area contributed by atoms with Gasteiger partial charge in [0.1, 0.15) is 12.2 Å². The third kappa shape index (κ3) is 12.6. The molecule has 0 fully saturated rings. The van der Waals surface area contributed by atoms with Crippen molar-refractivity contribution in [3.8, 4) is 0 Å². The first-order valence-electron chi connectivity index (χ1n) is 5.41. The van der Waals surface area contributed by atoms with Crippen molar-refractivity contribution in [2.45, 2.75) is 32.8 Å². The maximum Gasteiger partial charge on any atom is 0.407 e. The number of carbonyl (C=O) groups is 2. The Labute approximate surface area is 101 Å². The molecule has 0 aromatic carbocycles. The van der Waals surface area contributed by atoms with E-state index in [0.29, 0.717) is 19.5 Å². The summed E-state index contributed by atoms with van der Waals surface area (Å²) in [5.74, 6) is -0.538. The predicted molar refractivity (Wildman–Crippen MR) is 62.0 cm³/mol. The van der Waals surface area contributed by atoms with Gasteiger partial charge in [-0.25, -0.2) is 10.3 Å². The predicted octanol–water partition coefficient (Wildman–Crippen LogP) is -0.0923. The average Bonchev–Trinajstić information content (AvgIpc) is 2.12. The molecule has 7 nitrogen and oxygen atoms in total. The Balaban J connectivity index is 3.34. The molecule has 0 aromatic rings. The molecule has 0 unspecified atom stereocenters. The Morgan fingerprint density at radius 1 is 1.24 bits per heavy atom. The Hall–Kier alpha value is -1.34. The van der Waals surface area contributed by atoms with Crippen molar-refractivity contribution in [3.05, 3.63) is 0 Å². The van der Waals surface area contributed by atoms with Crippen molar-refractivity contribution < 1.29 is 19.2 Å². The van der Waals surface area contributed by atoms with Crippen LogP contribution in [0.5, 0.6) is 0 Å². The van der Waals surface area contributed by atoms with Gasteiger partial charge >= 0.3 is 6.09 Å². The van der Waals surface area contributed by atoms with Crippen molar-refractivity contribution in [2.75, 3.05) is 19.7 Å². The van der Waals surface area contributed by atoms with E-state index in [1.165, 1.54) is 0 Å². The molecule has 0 atom stereocenters. The summed E-state index contributed by atoms with van der Waals surface area (Å²) in [6, 6.07) is 0. The molecule has 7 heteroatoms. The molecule has 2 amide bonds. The highest BCUT2D eigenvalue weighted by Gasteiger charge is 2.15. The molecule has 0 radical (unpaired) electrons. The molecule has 17 heavy (non-hydrogen) atoms. The zero-order valence-corrected chi connectivity index (χ0v) is 10.5. The lowest BCUT2D eigenvalue weighted by atomic mass is 10.2. The van der Waals surface area contributed by atoms with Crippen LogP contribution in [0.4, 0.5) is 4.79 Å². The van der Waals surface area contributed by atoms with Crippen LogP contribution in [0.3, 0.4) is 0 Å². The second-order valence-electron chi connectivity index (χ2n) is 4.43. The van der Waals surface area contributed by atoms with Crippen LogP contribution in [0.2, 0.25) is 0 Å². The molecule has 4 N–H and O–H groups in total. The normalized spacial score (nSPS) is 11.0. The summed E-state index contributed by atoms with van der Waals surface area (Å²) in [4.78, 5) is 26.2. The van der Waals surface area contributed by atoms with Gasteiger partial charge in [-0.2, -0.15) is 0 Å². The number of ether oxygens (including phenoxy) is 1. The van der Waals surface area contributed by atoms with Gasteiger partial charge in [-0.3, -0.25) is 9.63 Å². The van der Waals surface area contributed by atoms with E-state index >= 15 is 0 Å². The molecule has 0 rings (SSSR count). The molecule has 0 saturated carbocycles. The lowest BCUT2D eigenvalue weighted by Gasteiger charge is -2.19. The van der Waals surface area contributed by atoms with Crippen molar-refractivity contribution in [1.82, 2.24) is 10.8 Å². The topological polar surface area (TPSA) is 103 Å². The van der Waals surface area contributed by atoms with E-state index in [9.17, 15) is 9.59 Å². The quantitative estimate of drug-likeness (QED) is 0.431. The summed E-state index contributed by atoms with van der Waals surface area (Å²) in [6.45, 7) is 6.19. The van der Waals surface area contributed by atoms with E-state index < -0.39 is 17.6 Å². The number of primary amides is 1. The molecular weight excluding hydrogens is 226 g/mol. The van der Waals surface area contributed by atoms with Crippen LogP contribution in [0.1, 0.15) is 27.2 Å². The fourth-order valence-corrected chi connectivity index (χ4v) is 0.860. The van der Waals surface area contributed by atoms with E-state index in [2.05, 4.69) is 10.8 Å². The third-order valence-corrected chi connectivity index (χ3v) is 1.44. The molecule has 0 heterocycles. The Morgan fingerprint density at radius 2 is 1.88 bits per heavy atom. The summed E-state index contributed by atoms with van der Waals surface area (Å²) in [5, 5.41) is 2.59. The standard InChI is InChI=1S/C10H21N3O4/c1-10(2,3)17-9(15)12-5-4-6-13-16-7-8(11)14/h13H,4-7H2,1-3H3,(H2,11,14)(H,12,15). The number of alkyl carbamates (subject to hydrolysis) is 1. The lowest BCUT2D eigenvalue weighted by molar-refractivity contribution is -0.125. The van der Waals surface area contributed by atoms with Gasteiger partial charge in [0, 0.05) is 13.1 Å². The van der Waals surface area contributed by atoms with Gasteiger partial charge in [-0.05, 0) is 27.2 Å². The number of hydrogen-bond donors (Lipinski definition) is 3. The summed E-state index contributed by atoms with van der Waals surface area (Å²) in [6.07, 6.45) is 0.202. The van der Waals surface area contributed by atoms with Gasteiger partial charge in [-0.15, -0.1) is 0 Å². The number of carbonyl (C=O) groups excluding carboxylic acids is 2. The molecule has 0 saturated heterocycles. The fourth-order valence-electron chi connectivity index (χ4n) is 0.860. The summed E-state index contributed by atoms with van der Waals surface area (Å²) in [5.41, 5.74) is 6.91. The lowest BCUT2D eigenvalue weighted by Crippen LogP contribution is -2.34. The third-order valence-electron chi connectivity index (χ3n) is 1.44. The maximum absolute atomic E-state index is 11.2. The van der Waals surface area contributed by atoms with E-state index in [0.717, 1.165) is 0 Å². The van der Waals surface area contributed by atoms with Crippen molar-refractivity contribution in [1.29, 1.82) is 0 Å². The minimum absolute atomic E-state index is 0.167. The average molecular weight is 247 g/mol. The van der Waals surface area contributed by atoms with Gasteiger partial charge in [-0.1, -0.05) is 0 Å². The number of nitrogens with two attached hydrogens (primary N) is 1. The maximum atomic E-state index is 11.2. The first-order chi connectivity index (χ1) is 7.81. The number of hydrogen-bond acceptors (Lipinski definition) is 5. The van der Waals surface area contributed by atoms with E-state index in [4.69, 9.17) is 15.3 Å². The number of amides is 2. The monoisotopic (exact) mass is 247 g/mol. The molecule has 0 bridgehead atoms. The Kier molecular flexibility index (Phi) is 7.24.